The van der Waals surface area contributed by atoms with E-state index < -0.39 is 11.6 Å². The van der Waals surface area contributed by atoms with Crippen molar-refractivity contribution in [2.75, 3.05) is 20.8 Å². The molecule has 7 nitrogen and oxygen atoms in total. The Hall–Kier alpha value is -3.10. The molecule has 2 heterocycles. The van der Waals surface area contributed by atoms with Crippen LogP contribution in [0.1, 0.15) is 28.3 Å². The van der Waals surface area contributed by atoms with E-state index in [4.69, 9.17) is 21.7 Å². The maximum absolute atomic E-state index is 12.9. The number of hydrogen-bond donors (Lipinski definition) is 3. The fraction of sp³-hybridized carbons (Fsp3) is 0.273. The second-order valence-corrected chi connectivity index (χ2v) is 7.66. The number of quaternary nitrogens is 1. The van der Waals surface area contributed by atoms with E-state index in [2.05, 4.69) is 4.98 Å². The highest BCUT2D eigenvalue weighted by molar-refractivity contribution is 7.71. The number of nitrogens with two attached hydrogens (primary N) is 1. The van der Waals surface area contributed by atoms with Gasteiger partial charge in [0, 0.05) is 12.0 Å². The van der Waals surface area contributed by atoms with Gasteiger partial charge in [0.05, 0.1) is 26.5 Å². The molecule has 3 aromatic rings. The maximum Gasteiger partial charge on any atom is 0.265 e. The van der Waals surface area contributed by atoms with Crippen molar-refractivity contribution in [3.8, 4) is 23.1 Å². The van der Waals surface area contributed by atoms with Gasteiger partial charge in [-0.15, -0.1) is 0 Å². The van der Waals surface area contributed by atoms with Crippen LogP contribution in [0.3, 0.4) is 0 Å². The number of nitrogens with one attached hydrogen (secondary N) is 1. The van der Waals surface area contributed by atoms with Crippen LogP contribution in [0.4, 0.5) is 0 Å². The van der Waals surface area contributed by atoms with E-state index in [0.717, 1.165) is 35.3 Å². The summed E-state index contributed by atoms with van der Waals surface area (Å²) in [4.78, 5) is 15.7. The van der Waals surface area contributed by atoms with Crippen molar-refractivity contribution in [2.45, 2.75) is 19.4 Å². The van der Waals surface area contributed by atoms with Crippen molar-refractivity contribution in [3.05, 3.63) is 73.8 Å². The van der Waals surface area contributed by atoms with Gasteiger partial charge in [-0.3, -0.25) is 14.3 Å². The Morgan fingerprint density at radius 3 is 2.60 bits per heavy atom. The van der Waals surface area contributed by atoms with Crippen LogP contribution in [-0.4, -0.2) is 35.4 Å². The average Bonchev–Trinajstić information content (AvgIpc) is 2.73. The smallest absolute Gasteiger partial charge is 0.265 e. The Morgan fingerprint density at radius 1 is 1.20 bits per heavy atom. The fourth-order valence-electron chi connectivity index (χ4n) is 4.11. The van der Waals surface area contributed by atoms with Crippen LogP contribution in [-0.2, 0) is 6.42 Å². The van der Waals surface area contributed by atoms with Crippen LogP contribution in [0, 0.1) is 11.7 Å². The van der Waals surface area contributed by atoms with E-state index in [1.165, 1.54) is 4.57 Å². The summed E-state index contributed by atoms with van der Waals surface area (Å²) in [6, 6.07) is 11.0. The first-order chi connectivity index (χ1) is 14.5. The first kappa shape index (κ1) is 20.2. The van der Waals surface area contributed by atoms with Crippen molar-refractivity contribution >= 4 is 12.2 Å². The number of benzene rings is 2. The number of aromatic hydroxyl groups is 1. The number of methoxy groups -OCH3 is 2. The molecule has 1 aliphatic rings. The predicted molar refractivity (Wildman–Crippen MR) is 116 cm³/mol. The third kappa shape index (κ3) is 3.28. The number of ether oxygens (including phenoxy) is 2. The molecule has 4 N–H and O–H groups in total. The Kier molecular flexibility index (Phi) is 5.36. The lowest BCUT2D eigenvalue weighted by molar-refractivity contribution is -0.690. The van der Waals surface area contributed by atoms with Gasteiger partial charge in [0.25, 0.3) is 5.56 Å². The van der Waals surface area contributed by atoms with Crippen LogP contribution < -0.4 is 20.3 Å². The molecule has 0 radical (unpaired) electrons. The van der Waals surface area contributed by atoms with Crippen molar-refractivity contribution in [3.63, 3.8) is 0 Å². The first-order valence-corrected chi connectivity index (χ1v) is 10.1. The molecule has 0 fully saturated rings. The van der Waals surface area contributed by atoms with Crippen LogP contribution in [0.2, 0.25) is 0 Å². The summed E-state index contributed by atoms with van der Waals surface area (Å²) in [5.74, 6) is 1.08. The van der Waals surface area contributed by atoms with Crippen molar-refractivity contribution < 1.29 is 19.9 Å². The van der Waals surface area contributed by atoms with Gasteiger partial charge < -0.3 is 19.9 Å². The molecular weight excluding hydrogens is 402 g/mol. The van der Waals surface area contributed by atoms with Crippen LogP contribution in [0.15, 0.2) is 41.2 Å². The second-order valence-electron chi connectivity index (χ2n) is 7.28. The van der Waals surface area contributed by atoms with E-state index in [-0.39, 0.29) is 16.2 Å². The molecule has 156 valence electrons. The van der Waals surface area contributed by atoms with Gasteiger partial charge in [0.15, 0.2) is 16.3 Å². The number of H-pyrrole nitrogens is 1. The van der Waals surface area contributed by atoms with E-state index in [1.54, 1.807) is 14.2 Å². The third-order valence-electron chi connectivity index (χ3n) is 5.58. The van der Waals surface area contributed by atoms with E-state index in [1.807, 2.05) is 48.6 Å². The average molecular weight is 427 g/mol. The molecule has 0 unspecified atom stereocenters. The molecule has 4 rings (SSSR count). The number of aromatic amines is 1. The van der Waals surface area contributed by atoms with Gasteiger partial charge in [-0.25, -0.2) is 0 Å². The number of aryl methyl sites for hydroxylation is 1. The highest BCUT2D eigenvalue weighted by Gasteiger charge is 2.33. The fourth-order valence-corrected chi connectivity index (χ4v) is 4.38. The highest BCUT2D eigenvalue weighted by Crippen LogP contribution is 2.37. The maximum atomic E-state index is 12.9. The molecule has 8 heteroatoms. The monoisotopic (exact) mass is 426 g/mol. The van der Waals surface area contributed by atoms with Crippen LogP contribution >= 0.6 is 12.2 Å². The third-order valence-corrected chi connectivity index (χ3v) is 5.87. The number of nitrogens with zero attached hydrogens (tertiary/aromatic N) is 1. The Bertz CT molecular complexity index is 1230. The number of hydrogen-bond acceptors (Lipinski definition) is 5. The quantitative estimate of drug-likeness (QED) is 0.556. The van der Waals surface area contributed by atoms with E-state index in [0.29, 0.717) is 11.5 Å². The largest absolute Gasteiger partial charge is 0.494 e. The molecule has 30 heavy (non-hydrogen) atoms. The molecule has 0 saturated carbocycles. The zero-order valence-corrected chi connectivity index (χ0v) is 17.9. The highest BCUT2D eigenvalue weighted by atomic mass is 32.1. The molecular formula is C22H24N3O4S+. The van der Waals surface area contributed by atoms with E-state index in [9.17, 15) is 9.90 Å². The van der Waals surface area contributed by atoms with Crippen LogP contribution in [0.5, 0.6) is 17.4 Å². The number of rotatable bonds is 4. The first-order valence-electron chi connectivity index (χ1n) is 9.68. The van der Waals surface area contributed by atoms with Crippen molar-refractivity contribution in [1.82, 2.24) is 9.55 Å². The number of para-hydroxylation sites is 1. The SMILES string of the molecule is COc1cc2c(cc1OC)[C@H](c1c(O)n(-c3ccccc3C)c(=S)[nH]c1=O)[NH2+]CC2. The molecule has 0 spiro atoms. The summed E-state index contributed by atoms with van der Waals surface area (Å²) < 4.78 is 12.6. The van der Waals surface area contributed by atoms with Crippen LogP contribution in [0.25, 0.3) is 5.69 Å². The van der Waals surface area contributed by atoms with Gasteiger partial charge in [0.1, 0.15) is 11.6 Å². The van der Waals surface area contributed by atoms with E-state index >= 15 is 0 Å². The zero-order valence-electron chi connectivity index (χ0n) is 17.1. The molecule has 0 amide bonds. The summed E-state index contributed by atoms with van der Waals surface area (Å²) in [6.07, 6.45) is 0.821. The summed E-state index contributed by atoms with van der Waals surface area (Å²) in [5, 5.41) is 13.3. The number of aromatic nitrogens is 2. The molecule has 1 atom stereocenters. The minimum absolute atomic E-state index is 0.151. The van der Waals surface area contributed by atoms with Crippen molar-refractivity contribution in [1.29, 1.82) is 0 Å². The lowest BCUT2D eigenvalue weighted by atomic mass is 9.90. The van der Waals surface area contributed by atoms with Crippen molar-refractivity contribution in [2.24, 2.45) is 0 Å². The zero-order chi connectivity index (χ0) is 21.4. The molecule has 0 aliphatic carbocycles. The minimum Gasteiger partial charge on any atom is -0.494 e. The van der Waals surface area contributed by atoms with Gasteiger partial charge in [-0.05, 0) is 48.5 Å². The molecule has 2 aromatic carbocycles. The summed E-state index contributed by atoms with van der Waals surface area (Å²) in [6.45, 7) is 2.70. The normalized spacial score (nSPS) is 15.5. The Balaban J connectivity index is 1.96. The van der Waals surface area contributed by atoms with Gasteiger partial charge >= 0.3 is 0 Å². The van der Waals surface area contributed by atoms with Gasteiger partial charge in [-0.2, -0.15) is 0 Å². The number of fused-ring (bicyclic) bond motifs is 1. The van der Waals surface area contributed by atoms with Gasteiger partial charge in [0.2, 0.25) is 5.88 Å². The molecule has 0 bridgehead atoms. The topological polar surface area (TPSA) is 93.1 Å². The predicted octanol–water partition coefficient (Wildman–Crippen LogP) is 2.14. The lowest BCUT2D eigenvalue weighted by Gasteiger charge is -2.26. The molecule has 0 saturated heterocycles. The Labute approximate surface area is 178 Å². The molecule has 1 aromatic heterocycles. The summed E-state index contributed by atoms with van der Waals surface area (Å²) in [5.41, 5.74) is 3.49. The van der Waals surface area contributed by atoms with Gasteiger partial charge in [-0.1, -0.05) is 18.2 Å². The molecule has 1 aliphatic heterocycles. The second kappa shape index (κ2) is 7.97. The standard InChI is InChI=1S/C22H23N3O4S/c1-12-6-4-5-7-15(12)25-21(27)18(20(26)24-22(25)30)19-14-11-17(29-3)16(28-2)10-13(14)8-9-23-19/h4-7,10-11,19,23,27H,8-9H2,1-3H3,(H,24,26,30)/p+1/t19-/m1/s1. The minimum atomic E-state index is -0.400. The summed E-state index contributed by atoms with van der Waals surface area (Å²) >= 11 is 5.38. The summed E-state index contributed by atoms with van der Waals surface area (Å²) in [7, 11) is 3.18. The Morgan fingerprint density at radius 2 is 1.90 bits per heavy atom. The lowest BCUT2D eigenvalue weighted by Crippen LogP contribution is -2.87.